The average Bonchev–Trinajstić information content (AvgIpc) is 2.68. The van der Waals surface area contributed by atoms with Crippen LogP contribution in [0.4, 0.5) is 5.13 Å². The zero-order valence-electron chi connectivity index (χ0n) is 11.5. The van der Waals surface area contributed by atoms with Crippen LogP contribution in [0.3, 0.4) is 0 Å². The van der Waals surface area contributed by atoms with Crippen molar-refractivity contribution in [3.05, 3.63) is 10.6 Å². The molecule has 1 fully saturated rings. The number of nitrogens with zero attached hydrogens (tertiary/aromatic N) is 2. The molecule has 1 N–H and O–H groups in total. The van der Waals surface area contributed by atoms with Gasteiger partial charge in [0.15, 0.2) is 5.13 Å². The lowest BCUT2D eigenvalue weighted by Crippen LogP contribution is -2.24. The Hall–Kier alpha value is -0.610. The van der Waals surface area contributed by atoms with Gasteiger partial charge in [0, 0.05) is 13.1 Å². The van der Waals surface area contributed by atoms with Gasteiger partial charge in [-0.1, -0.05) is 31.6 Å². The Balaban J connectivity index is 2.08. The Morgan fingerprint density at radius 2 is 2.17 bits per heavy atom. The Morgan fingerprint density at radius 3 is 2.78 bits per heavy atom. The molecule has 1 aromatic heterocycles. The first kappa shape index (κ1) is 13.8. The second-order valence-electron chi connectivity index (χ2n) is 5.07. The molecule has 1 aromatic rings. The molecule has 0 saturated carbocycles. The topological polar surface area (TPSA) is 36.4 Å². The monoisotopic (exact) mass is 268 g/mol. The lowest BCUT2D eigenvalue weighted by Gasteiger charge is -2.19. The zero-order valence-corrected chi connectivity index (χ0v) is 12.3. The molecule has 0 spiro atoms. The van der Waals surface area contributed by atoms with Crippen LogP contribution < -0.4 is 4.90 Å². The summed E-state index contributed by atoms with van der Waals surface area (Å²) in [5, 5.41) is 10.5. The van der Waals surface area contributed by atoms with Gasteiger partial charge in [-0.25, -0.2) is 4.98 Å². The number of aromatic nitrogens is 1. The highest BCUT2D eigenvalue weighted by Gasteiger charge is 2.19. The molecule has 0 aliphatic carbocycles. The Morgan fingerprint density at radius 1 is 1.33 bits per heavy atom. The molecule has 2 rings (SSSR count). The van der Waals surface area contributed by atoms with Crippen molar-refractivity contribution in [1.29, 1.82) is 0 Å². The molecule has 0 aromatic carbocycles. The van der Waals surface area contributed by atoms with E-state index in [1.165, 1.54) is 25.7 Å². The molecule has 0 radical (unpaired) electrons. The SMILES string of the molecule is CCc1nc(N2CCCC(CC)CC2)sc1CO. The molecular formula is C14H24N2OS. The van der Waals surface area contributed by atoms with Crippen molar-refractivity contribution in [3.63, 3.8) is 0 Å². The average molecular weight is 268 g/mol. The molecule has 102 valence electrons. The molecular weight excluding hydrogens is 244 g/mol. The highest BCUT2D eigenvalue weighted by Crippen LogP contribution is 2.30. The van der Waals surface area contributed by atoms with Crippen LogP contribution in [0.15, 0.2) is 0 Å². The fourth-order valence-electron chi connectivity index (χ4n) is 2.67. The minimum absolute atomic E-state index is 0.131. The molecule has 1 unspecified atom stereocenters. The quantitative estimate of drug-likeness (QED) is 0.911. The first-order chi connectivity index (χ1) is 8.78. The van der Waals surface area contributed by atoms with Crippen molar-refractivity contribution in [2.45, 2.75) is 52.6 Å². The third kappa shape index (κ3) is 3.04. The molecule has 18 heavy (non-hydrogen) atoms. The van der Waals surface area contributed by atoms with Crippen LogP contribution in [0.5, 0.6) is 0 Å². The van der Waals surface area contributed by atoms with Crippen LogP contribution in [0, 0.1) is 5.92 Å². The van der Waals surface area contributed by atoms with Gasteiger partial charge < -0.3 is 10.0 Å². The third-order valence-corrected chi connectivity index (χ3v) is 5.08. The molecule has 1 aliphatic heterocycles. The van der Waals surface area contributed by atoms with Crippen molar-refractivity contribution in [1.82, 2.24) is 4.98 Å². The molecule has 3 nitrogen and oxygen atoms in total. The number of rotatable bonds is 4. The van der Waals surface area contributed by atoms with Crippen molar-refractivity contribution in [3.8, 4) is 0 Å². The smallest absolute Gasteiger partial charge is 0.185 e. The summed E-state index contributed by atoms with van der Waals surface area (Å²) in [6.07, 6.45) is 6.12. The second kappa shape index (κ2) is 6.53. The standard InChI is InChI=1S/C14H24N2OS/c1-3-11-6-5-8-16(9-7-11)14-15-12(4-2)13(10-17)18-14/h11,17H,3-10H2,1-2H3. The van der Waals surface area contributed by atoms with E-state index in [0.29, 0.717) is 0 Å². The predicted molar refractivity (Wildman–Crippen MR) is 77.3 cm³/mol. The summed E-state index contributed by atoms with van der Waals surface area (Å²) in [5.74, 6) is 0.887. The summed E-state index contributed by atoms with van der Waals surface area (Å²) >= 11 is 1.67. The first-order valence-electron chi connectivity index (χ1n) is 7.12. The van der Waals surface area contributed by atoms with E-state index in [-0.39, 0.29) is 6.61 Å². The van der Waals surface area contributed by atoms with Crippen LogP contribution >= 0.6 is 11.3 Å². The summed E-state index contributed by atoms with van der Waals surface area (Å²) in [4.78, 5) is 8.16. The van der Waals surface area contributed by atoms with Gasteiger partial charge in [0.1, 0.15) is 0 Å². The Bertz CT molecular complexity index is 356. The molecule has 1 saturated heterocycles. The maximum absolute atomic E-state index is 9.35. The molecule has 1 aliphatic rings. The minimum Gasteiger partial charge on any atom is -0.391 e. The van der Waals surface area contributed by atoms with Gasteiger partial charge in [0.25, 0.3) is 0 Å². The van der Waals surface area contributed by atoms with Gasteiger partial charge in [-0.15, -0.1) is 0 Å². The minimum atomic E-state index is 0.131. The lowest BCUT2D eigenvalue weighted by atomic mass is 9.98. The number of aliphatic hydroxyl groups excluding tert-OH is 1. The fraction of sp³-hybridized carbons (Fsp3) is 0.786. The van der Waals surface area contributed by atoms with Gasteiger partial charge in [0.2, 0.25) is 0 Å². The number of thiazole rings is 1. The van der Waals surface area contributed by atoms with Gasteiger partial charge >= 0.3 is 0 Å². The van der Waals surface area contributed by atoms with Gasteiger partial charge in [0.05, 0.1) is 17.2 Å². The number of aliphatic hydroxyl groups is 1. The number of hydrogen-bond donors (Lipinski definition) is 1. The Labute approximate surface area is 114 Å². The number of anilines is 1. The number of hydrogen-bond acceptors (Lipinski definition) is 4. The van der Waals surface area contributed by atoms with E-state index in [9.17, 15) is 5.11 Å². The van der Waals surface area contributed by atoms with E-state index < -0.39 is 0 Å². The fourth-order valence-corrected chi connectivity index (χ4v) is 3.73. The van der Waals surface area contributed by atoms with Crippen LogP contribution in [-0.4, -0.2) is 23.2 Å². The van der Waals surface area contributed by atoms with E-state index in [1.54, 1.807) is 11.3 Å². The highest BCUT2D eigenvalue weighted by molar-refractivity contribution is 7.15. The van der Waals surface area contributed by atoms with Crippen LogP contribution in [0.25, 0.3) is 0 Å². The van der Waals surface area contributed by atoms with Crippen molar-refractivity contribution >= 4 is 16.5 Å². The van der Waals surface area contributed by atoms with Gasteiger partial charge in [-0.05, 0) is 31.6 Å². The highest BCUT2D eigenvalue weighted by atomic mass is 32.1. The zero-order chi connectivity index (χ0) is 13.0. The van der Waals surface area contributed by atoms with E-state index in [0.717, 1.165) is 41.1 Å². The third-order valence-electron chi connectivity index (χ3n) is 3.94. The summed E-state index contributed by atoms with van der Waals surface area (Å²) in [6, 6.07) is 0. The summed E-state index contributed by atoms with van der Waals surface area (Å²) in [7, 11) is 0. The van der Waals surface area contributed by atoms with Crippen molar-refractivity contribution < 1.29 is 5.11 Å². The van der Waals surface area contributed by atoms with Crippen LogP contribution in [0.1, 0.15) is 50.1 Å². The molecule has 4 heteroatoms. The van der Waals surface area contributed by atoms with Crippen LogP contribution in [0.2, 0.25) is 0 Å². The normalized spacial score (nSPS) is 21.1. The largest absolute Gasteiger partial charge is 0.391 e. The van der Waals surface area contributed by atoms with Crippen molar-refractivity contribution in [2.24, 2.45) is 5.92 Å². The summed E-state index contributed by atoms with van der Waals surface area (Å²) < 4.78 is 0. The van der Waals surface area contributed by atoms with Gasteiger partial charge in [-0.2, -0.15) is 0 Å². The van der Waals surface area contributed by atoms with Crippen molar-refractivity contribution in [2.75, 3.05) is 18.0 Å². The second-order valence-corrected chi connectivity index (χ2v) is 6.13. The maximum atomic E-state index is 9.35. The molecule has 0 bridgehead atoms. The van der Waals surface area contributed by atoms with E-state index in [2.05, 4.69) is 18.7 Å². The van der Waals surface area contributed by atoms with E-state index in [1.807, 2.05) is 0 Å². The van der Waals surface area contributed by atoms with E-state index >= 15 is 0 Å². The summed E-state index contributed by atoms with van der Waals surface area (Å²) in [5.41, 5.74) is 1.08. The van der Waals surface area contributed by atoms with Crippen LogP contribution in [-0.2, 0) is 13.0 Å². The summed E-state index contributed by atoms with van der Waals surface area (Å²) in [6.45, 7) is 6.78. The lowest BCUT2D eigenvalue weighted by molar-refractivity contribution is 0.284. The molecule has 2 heterocycles. The maximum Gasteiger partial charge on any atom is 0.185 e. The van der Waals surface area contributed by atoms with Gasteiger partial charge in [-0.3, -0.25) is 0 Å². The first-order valence-corrected chi connectivity index (χ1v) is 7.94. The predicted octanol–water partition coefficient (Wildman–Crippen LogP) is 3.21. The Kier molecular flexibility index (Phi) is 5.01. The molecule has 0 amide bonds. The molecule has 1 atom stereocenters. The number of aryl methyl sites for hydroxylation is 1. The van der Waals surface area contributed by atoms with E-state index in [4.69, 9.17) is 4.98 Å².